The fraction of sp³-hybridized carbons (Fsp3) is 0.421. The van der Waals surface area contributed by atoms with Crippen LogP contribution in [0.25, 0.3) is 5.69 Å². The van der Waals surface area contributed by atoms with Crippen molar-refractivity contribution in [3.05, 3.63) is 51.8 Å². The van der Waals surface area contributed by atoms with Gasteiger partial charge in [0.05, 0.1) is 20.3 Å². The van der Waals surface area contributed by atoms with E-state index in [1.807, 2.05) is 25.1 Å². The topological polar surface area (TPSA) is 31.2 Å². The number of carbonyl (C=O) groups is 1. The first-order valence-electron chi connectivity index (χ1n) is 8.29. The third-order valence-electron chi connectivity index (χ3n) is 4.89. The Bertz CT molecular complexity index is 743. The number of rotatable bonds is 4. The van der Waals surface area contributed by atoms with Crippen LogP contribution in [0.1, 0.15) is 21.7 Å². The zero-order chi connectivity index (χ0) is 17.3. The van der Waals surface area contributed by atoms with Crippen LogP contribution < -0.4 is 0 Å². The Morgan fingerprint density at radius 3 is 2.46 bits per heavy atom. The Balaban J connectivity index is 1.88. The summed E-state index contributed by atoms with van der Waals surface area (Å²) in [4.78, 5) is 12.9. The molecule has 128 valence electrons. The SMILES string of the molecule is Cc1cc(C(=O)C[N+]2(C)CCOCC2)c(C)n1-c1ccc(Br)cc1. The van der Waals surface area contributed by atoms with Crippen LogP contribution >= 0.6 is 15.9 Å². The molecule has 2 aromatic rings. The third kappa shape index (κ3) is 3.48. The van der Waals surface area contributed by atoms with Gasteiger partial charge in [0.1, 0.15) is 19.6 Å². The van der Waals surface area contributed by atoms with Gasteiger partial charge in [-0.25, -0.2) is 0 Å². The molecule has 0 spiro atoms. The molecule has 5 heteroatoms. The average molecular weight is 392 g/mol. The van der Waals surface area contributed by atoms with E-state index in [1.165, 1.54) is 0 Å². The molecule has 1 saturated heterocycles. The summed E-state index contributed by atoms with van der Waals surface area (Å²) in [6.45, 7) is 7.89. The number of benzene rings is 1. The number of ketones is 1. The lowest BCUT2D eigenvalue weighted by Gasteiger charge is -2.36. The Kier molecular flexibility index (Phi) is 4.95. The van der Waals surface area contributed by atoms with Crippen molar-refractivity contribution in [2.75, 3.05) is 39.9 Å². The number of carbonyl (C=O) groups excluding carboxylic acids is 1. The van der Waals surface area contributed by atoms with Gasteiger partial charge >= 0.3 is 0 Å². The molecule has 0 atom stereocenters. The predicted octanol–water partition coefficient (Wildman–Crippen LogP) is 3.52. The summed E-state index contributed by atoms with van der Waals surface area (Å²) >= 11 is 3.47. The number of likely N-dealkylation sites (N-methyl/N-ethyl adjacent to an activating group) is 1. The quantitative estimate of drug-likeness (QED) is 0.589. The van der Waals surface area contributed by atoms with Gasteiger partial charge in [-0.3, -0.25) is 4.79 Å². The number of halogens is 1. The molecule has 1 aliphatic heterocycles. The highest BCUT2D eigenvalue weighted by Crippen LogP contribution is 2.23. The van der Waals surface area contributed by atoms with Gasteiger partial charge in [-0.05, 0) is 44.2 Å². The van der Waals surface area contributed by atoms with Crippen molar-refractivity contribution < 1.29 is 14.0 Å². The van der Waals surface area contributed by atoms with E-state index in [4.69, 9.17) is 4.74 Å². The molecule has 2 heterocycles. The number of Topliss-reactive ketones (excluding diaryl/α,β-unsaturated/α-hetero) is 1. The van der Waals surface area contributed by atoms with Crippen molar-refractivity contribution in [2.45, 2.75) is 13.8 Å². The number of morpholine rings is 1. The lowest BCUT2D eigenvalue weighted by molar-refractivity contribution is -0.908. The minimum atomic E-state index is 0.218. The van der Waals surface area contributed by atoms with E-state index in [0.717, 1.165) is 57.9 Å². The Labute approximate surface area is 151 Å². The summed E-state index contributed by atoms with van der Waals surface area (Å²) < 4.78 is 9.40. The molecule has 0 saturated carbocycles. The van der Waals surface area contributed by atoms with Crippen molar-refractivity contribution in [2.24, 2.45) is 0 Å². The van der Waals surface area contributed by atoms with Gasteiger partial charge < -0.3 is 13.8 Å². The van der Waals surface area contributed by atoms with Crippen LogP contribution in [0.3, 0.4) is 0 Å². The van der Waals surface area contributed by atoms with Crippen molar-refractivity contribution in [3.8, 4) is 5.69 Å². The molecule has 0 radical (unpaired) electrons. The highest BCUT2D eigenvalue weighted by molar-refractivity contribution is 9.10. The van der Waals surface area contributed by atoms with Crippen LogP contribution in [-0.2, 0) is 4.74 Å². The number of quaternary nitrogens is 1. The van der Waals surface area contributed by atoms with Crippen molar-refractivity contribution >= 4 is 21.7 Å². The lowest BCUT2D eigenvalue weighted by atomic mass is 10.1. The molecule has 1 fully saturated rings. The zero-order valence-electron chi connectivity index (χ0n) is 14.5. The van der Waals surface area contributed by atoms with Gasteiger partial charge in [-0.1, -0.05) is 15.9 Å². The fourth-order valence-corrected chi connectivity index (χ4v) is 3.67. The molecular weight excluding hydrogens is 368 g/mol. The standard InChI is InChI=1S/C19H24BrN2O2/c1-14-12-18(19(23)13-22(3)8-10-24-11-9-22)15(2)21(14)17-6-4-16(20)5-7-17/h4-7,12H,8-11,13H2,1-3H3/q+1. The monoisotopic (exact) mass is 391 g/mol. The van der Waals surface area contributed by atoms with E-state index in [9.17, 15) is 4.79 Å². The van der Waals surface area contributed by atoms with E-state index < -0.39 is 0 Å². The second kappa shape index (κ2) is 6.82. The summed E-state index contributed by atoms with van der Waals surface area (Å²) in [6.07, 6.45) is 0. The van der Waals surface area contributed by atoms with Crippen LogP contribution in [0.5, 0.6) is 0 Å². The van der Waals surface area contributed by atoms with Crippen molar-refractivity contribution in [3.63, 3.8) is 0 Å². The van der Waals surface area contributed by atoms with Crippen LogP contribution in [-0.4, -0.2) is 54.7 Å². The van der Waals surface area contributed by atoms with E-state index in [0.29, 0.717) is 6.54 Å². The molecule has 4 nitrogen and oxygen atoms in total. The van der Waals surface area contributed by atoms with Gasteiger partial charge in [-0.2, -0.15) is 0 Å². The predicted molar refractivity (Wildman–Crippen MR) is 98.9 cm³/mol. The average Bonchev–Trinajstić information content (AvgIpc) is 2.84. The summed E-state index contributed by atoms with van der Waals surface area (Å²) in [7, 11) is 2.15. The smallest absolute Gasteiger partial charge is 0.218 e. The first-order valence-corrected chi connectivity index (χ1v) is 9.08. The summed E-state index contributed by atoms with van der Waals surface area (Å²) in [5.41, 5.74) is 4.02. The van der Waals surface area contributed by atoms with Crippen LogP contribution in [0.15, 0.2) is 34.8 Å². The molecule has 0 aliphatic carbocycles. The number of hydrogen-bond donors (Lipinski definition) is 0. The van der Waals surface area contributed by atoms with Gasteiger partial charge in [0.15, 0.2) is 0 Å². The first-order chi connectivity index (χ1) is 11.4. The van der Waals surface area contributed by atoms with Gasteiger partial charge in [0.2, 0.25) is 5.78 Å². The second-order valence-corrected chi connectivity index (χ2v) is 7.77. The Hall–Kier alpha value is -1.43. The van der Waals surface area contributed by atoms with Crippen LogP contribution in [0.2, 0.25) is 0 Å². The highest BCUT2D eigenvalue weighted by Gasteiger charge is 2.30. The summed E-state index contributed by atoms with van der Waals surface area (Å²) in [6, 6.07) is 10.2. The van der Waals surface area contributed by atoms with Crippen molar-refractivity contribution in [1.82, 2.24) is 4.57 Å². The number of aromatic nitrogens is 1. The molecule has 0 unspecified atom stereocenters. The van der Waals surface area contributed by atoms with E-state index in [1.54, 1.807) is 0 Å². The largest absolute Gasteiger partial charge is 0.370 e. The molecule has 1 aromatic carbocycles. The molecule has 0 bridgehead atoms. The van der Waals surface area contributed by atoms with E-state index in [2.05, 4.69) is 46.6 Å². The maximum absolute atomic E-state index is 12.9. The summed E-state index contributed by atoms with van der Waals surface area (Å²) in [5, 5.41) is 0. The molecule has 1 aliphatic rings. The maximum Gasteiger partial charge on any atom is 0.218 e. The molecule has 0 N–H and O–H groups in total. The van der Waals surface area contributed by atoms with Gasteiger partial charge in [-0.15, -0.1) is 0 Å². The van der Waals surface area contributed by atoms with Gasteiger partial charge in [0.25, 0.3) is 0 Å². The Morgan fingerprint density at radius 2 is 1.83 bits per heavy atom. The minimum absolute atomic E-state index is 0.218. The van der Waals surface area contributed by atoms with Crippen LogP contribution in [0, 0.1) is 13.8 Å². The minimum Gasteiger partial charge on any atom is -0.370 e. The molecular formula is C19H24BrN2O2+. The molecule has 1 aromatic heterocycles. The second-order valence-electron chi connectivity index (χ2n) is 6.86. The van der Waals surface area contributed by atoms with E-state index >= 15 is 0 Å². The fourth-order valence-electron chi connectivity index (χ4n) is 3.41. The molecule has 3 rings (SSSR count). The van der Waals surface area contributed by atoms with Gasteiger partial charge in [0, 0.05) is 27.1 Å². The first kappa shape index (κ1) is 17.4. The zero-order valence-corrected chi connectivity index (χ0v) is 16.1. The highest BCUT2D eigenvalue weighted by atomic mass is 79.9. The molecule has 0 amide bonds. The number of hydrogen-bond acceptors (Lipinski definition) is 2. The van der Waals surface area contributed by atoms with E-state index in [-0.39, 0.29) is 5.78 Å². The summed E-state index contributed by atoms with van der Waals surface area (Å²) in [5.74, 6) is 0.218. The normalized spacial score (nSPS) is 17.0. The maximum atomic E-state index is 12.9. The molecule has 24 heavy (non-hydrogen) atoms. The number of nitrogens with zero attached hydrogens (tertiary/aromatic N) is 2. The number of aryl methyl sites for hydroxylation is 1. The number of ether oxygens (including phenoxy) is 1. The Morgan fingerprint density at radius 1 is 1.21 bits per heavy atom. The third-order valence-corrected chi connectivity index (χ3v) is 5.42. The lowest BCUT2D eigenvalue weighted by Crippen LogP contribution is -2.54. The van der Waals surface area contributed by atoms with Crippen molar-refractivity contribution in [1.29, 1.82) is 0 Å². The van der Waals surface area contributed by atoms with Crippen LogP contribution in [0.4, 0.5) is 0 Å².